The van der Waals surface area contributed by atoms with Gasteiger partial charge in [-0.2, -0.15) is 0 Å². The predicted molar refractivity (Wildman–Crippen MR) is 55.2 cm³/mol. The summed E-state index contributed by atoms with van der Waals surface area (Å²) >= 11 is 7.89. The van der Waals surface area contributed by atoms with Crippen LogP contribution < -0.4 is 0 Å². The Morgan fingerprint density at radius 3 is 3.17 bits per heavy atom. The van der Waals surface area contributed by atoms with E-state index >= 15 is 0 Å². The van der Waals surface area contributed by atoms with E-state index in [1.165, 1.54) is 22.6 Å². The number of thioether (sulfide) groups is 1. The molecule has 12 heavy (non-hydrogen) atoms. The molecule has 2 rings (SSSR count). The van der Waals surface area contributed by atoms with Gasteiger partial charge in [-0.25, -0.2) is 0 Å². The second-order valence-corrected chi connectivity index (χ2v) is 4.60. The van der Waals surface area contributed by atoms with Crippen LogP contribution in [0, 0.1) is 0 Å². The van der Waals surface area contributed by atoms with Crippen LogP contribution in [0.5, 0.6) is 0 Å². The van der Waals surface area contributed by atoms with Crippen molar-refractivity contribution in [1.82, 2.24) is 0 Å². The van der Waals surface area contributed by atoms with Crippen LogP contribution in [0.4, 0.5) is 0 Å². The molecular weight excluding hydrogens is 188 g/mol. The van der Waals surface area contributed by atoms with Crippen LogP contribution >= 0.6 is 23.4 Å². The highest BCUT2D eigenvalue weighted by atomic mass is 35.5. The van der Waals surface area contributed by atoms with Crippen molar-refractivity contribution in [2.24, 2.45) is 0 Å². The van der Waals surface area contributed by atoms with E-state index in [1.807, 2.05) is 17.8 Å². The molecule has 1 atom stereocenters. The lowest BCUT2D eigenvalue weighted by Gasteiger charge is -2.06. The molecule has 0 radical (unpaired) electrons. The third-order valence-electron chi connectivity index (χ3n) is 2.34. The fourth-order valence-electron chi connectivity index (χ4n) is 1.59. The number of halogens is 1. The molecule has 0 saturated carbocycles. The standard InChI is InChI=1S/C10H11ClS/c1-2-7-6-12-10-4-3-8(11)5-9(7)10/h3-5,7H,2,6H2,1H3. The number of fused-ring (bicyclic) bond motifs is 1. The Morgan fingerprint density at radius 2 is 2.42 bits per heavy atom. The second kappa shape index (κ2) is 3.31. The van der Waals surface area contributed by atoms with E-state index in [-0.39, 0.29) is 0 Å². The van der Waals surface area contributed by atoms with Crippen molar-refractivity contribution in [3.8, 4) is 0 Å². The van der Waals surface area contributed by atoms with Crippen LogP contribution in [-0.4, -0.2) is 5.75 Å². The van der Waals surface area contributed by atoms with E-state index in [1.54, 1.807) is 0 Å². The minimum atomic E-state index is 0.726. The first-order valence-electron chi connectivity index (χ1n) is 4.23. The summed E-state index contributed by atoms with van der Waals surface area (Å²) in [7, 11) is 0. The first kappa shape index (κ1) is 8.46. The largest absolute Gasteiger partial charge is 0.125 e. The fraction of sp³-hybridized carbons (Fsp3) is 0.400. The molecule has 1 heterocycles. The lowest BCUT2D eigenvalue weighted by atomic mass is 9.99. The van der Waals surface area contributed by atoms with Gasteiger partial charge in [0.1, 0.15) is 0 Å². The van der Waals surface area contributed by atoms with Crippen molar-refractivity contribution in [3.05, 3.63) is 28.8 Å². The van der Waals surface area contributed by atoms with Crippen LogP contribution in [0.25, 0.3) is 0 Å². The average molecular weight is 199 g/mol. The lowest BCUT2D eigenvalue weighted by Crippen LogP contribution is -1.93. The number of rotatable bonds is 1. The Balaban J connectivity index is 2.42. The summed E-state index contributed by atoms with van der Waals surface area (Å²) in [5, 5.41) is 0.870. The molecule has 1 aliphatic rings. The number of benzene rings is 1. The third kappa shape index (κ3) is 1.36. The summed E-state index contributed by atoms with van der Waals surface area (Å²) in [6, 6.07) is 6.23. The van der Waals surface area contributed by atoms with Crippen LogP contribution in [-0.2, 0) is 0 Å². The maximum atomic E-state index is 5.94. The lowest BCUT2D eigenvalue weighted by molar-refractivity contribution is 0.746. The van der Waals surface area contributed by atoms with Gasteiger partial charge in [0.15, 0.2) is 0 Å². The van der Waals surface area contributed by atoms with Gasteiger partial charge in [0.05, 0.1) is 0 Å². The van der Waals surface area contributed by atoms with E-state index in [0.717, 1.165) is 10.9 Å². The molecular formula is C10H11ClS. The van der Waals surface area contributed by atoms with Crippen LogP contribution in [0.2, 0.25) is 5.02 Å². The summed E-state index contributed by atoms with van der Waals surface area (Å²) < 4.78 is 0. The Morgan fingerprint density at radius 1 is 1.58 bits per heavy atom. The Hall–Kier alpha value is -0.140. The van der Waals surface area contributed by atoms with Crippen molar-refractivity contribution in [3.63, 3.8) is 0 Å². The first-order valence-corrected chi connectivity index (χ1v) is 5.60. The maximum absolute atomic E-state index is 5.94. The van der Waals surface area contributed by atoms with Crippen LogP contribution in [0.3, 0.4) is 0 Å². The van der Waals surface area contributed by atoms with E-state index in [0.29, 0.717) is 0 Å². The topological polar surface area (TPSA) is 0 Å². The maximum Gasteiger partial charge on any atom is 0.0409 e. The van der Waals surface area contributed by atoms with Gasteiger partial charge >= 0.3 is 0 Å². The molecule has 0 aromatic heterocycles. The van der Waals surface area contributed by atoms with E-state index < -0.39 is 0 Å². The Kier molecular flexibility index (Phi) is 2.33. The van der Waals surface area contributed by atoms with Gasteiger partial charge in [-0.3, -0.25) is 0 Å². The summed E-state index contributed by atoms with van der Waals surface area (Å²) in [5.74, 6) is 1.95. The Labute approximate surface area is 82.3 Å². The van der Waals surface area contributed by atoms with Crippen molar-refractivity contribution in [1.29, 1.82) is 0 Å². The molecule has 1 unspecified atom stereocenters. The van der Waals surface area contributed by atoms with Gasteiger partial charge in [0.25, 0.3) is 0 Å². The monoisotopic (exact) mass is 198 g/mol. The van der Waals surface area contributed by atoms with Crippen molar-refractivity contribution >= 4 is 23.4 Å². The highest BCUT2D eigenvalue weighted by molar-refractivity contribution is 7.99. The molecule has 0 spiro atoms. The summed E-state index contributed by atoms with van der Waals surface area (Å²) in [6.45, 7) is 2.24. The Bertz CT molecular complexity index is 296. The normalized spacial score (nSPS) is 21.0. The summed E-state index contributed by atoms with van der Waals surface area (Å²) in [4.78, 5) is 1.42. The molecule has 1 aromatic rings. The molecule has 1 aliphatic heterocycles. The minimum Gasteiger partial charge on any atom is -0.125 e. The third-order valence-corrected chi connectivity index (χ3v) is 3.83. The summed E-state index contributed by atoms with van der Waals surface area (Å²) in [5.41, 5.74) is 1.45. The van der Waals surface area contributed by atoms with Crippen LogP contribution in [0.15, 0.2) is 23.1 Å². The summed E-state index contributed by atoms with van der Waals surface area (Å²) in [6.07, 6.45) is 1.22. The second-order valence-electron chi connectivity index (χ2n) is 3.10. The van der Waals surface area contributed by atoms with Gasteiger partial charge in [-0.15, -0.1) is 11.8 Å². The van der Waals surface area contributed by atoms with Gasteiger partial charge in [0.2, 0.25) is 0 Å². The van der Waals surface area contributed by atoms with Gasteiger partial charge < -0.3 is 0 Å². The molecule has 0 N–H and O–H groups in total. The van der Waals surface area contributed by atoms with Gasteiger partial charge in [-0.1, -0.05) is 18.5 Å². The SMILES string of the molecule is CCC1CSc2ccc(Cl)cc21. The van der Waals surface area contributed by atoms with Crippen LogP contribution in [0.1, 0.15) is 24.8 Å². The smallest absolute Gasteiger partial charge is 0.0409 e. The number of hydrogen-bond donors (Lipinski definition) is 0. The van der Waals surface area contributed by atoms with E-state index in [9.17, 15) is 0 Å². The van der Waals surface area contributed by atoms with E-state index in [4.69, 9.17) is 11.6 Å². The molecule has 2 heteroatoms. The number of hydrogen-bond acceptors (Lipinski definition) is 1. The minimum absolute atomic E-state index is 0.726. The zero-order valence-corrected chi connectivity index (χ0v) is 8.58. The average Bonchev–Trinajstić information content (AvgIpc) is 2.46. The zero-order chi connectivity index (χ0) is 8.55. The van der Waals surface area contributed by atoms with Crippen molar-refractivity contribution < 1.29 is 0 Å². The molecule has 64 valence electrons. The van der Waals surface area contributed by atoms with Gasteiger partial charge in [0, 0.05) is 15.7 Å². The quantitative estimate of drug-likeness (QED) is 0.659. The van der Waals surface area contributed by atoms with Crippen molar-refractivity contribution in [2.75, 3.05) is 5.75 Å². The highest BCUT2D eigenvalue weighted by Gasteiger charge is 2.21. The van der Waals surface area contributed by atoms with Crippen molar-refractivity contribution in [2.45, 2.75) is 24.2 Å². The van der Waals surface area contributed by atoms with Gasteiger partial charge in [-0.05, 0) is 36.1 Å². The molecule has 0 amide bonds. The van der Waals surface area contributed by atoms with E-state index in [2.05, 4.69) is 19.1 Å². The predicted octanol–water partition coefficient (Wildman–Crippen LogP) is 3.94. The first-order chi connectivity index (χ1) is 5.81. The fourth-order valence-corrected chi connectivity index (χ4v) is 3.12. The molecule has 0 fully saturated rings. The molecule has 0 bridgehead atoms. The molecule has 1 aromatic carbocycles. The molecule has 0 saturated heterocycles. The zero-order valence-electron chi connectivity index (χ0n) is 7.01. The molecule has 0 nitrogen and oxygen atoms in total. The molecule has 0 aliphatic carbocycles. The highest BCUT2D eigenvalue weighted by Crippen LogP contribution is 2.41.